The highest BCUT2D eigenvalue weighted by Gasteiger charge is 2.38. The van der Waals surface area contributed by atoms with Gasteiger partial charge in [0.15, 0.2) is 6.10 Å². The van der Waals surface area contributed by atoms with Gasteiger partial charge in [-0.25, -0.2) is 8.42 Å². The molecular formula is C32H40N2O5S. The largest absolute Gasteiger partial charge is 0.492 e. The van der Waals surface area contributed by atoms with Gasteiger partial charge < -0.3 is 14.8 Å². The number of sulfonamides is 1. The van der Waals surface area contributed by atoms with E-state index in [0.717, 1.165) is 16.9 Å². The van der Waals surface area contributed by atoms with Crippen molar-refractivity contribution >= 4 is 21.6 Å². The molecule has 1 amide bonds. The summed E-state index contributed by atoms with van der Waals surface area (Å²) in [5, 5.41) is 2.83. The van der Waals surface area contributed by atoms with Gasteiger partial charge in [-0.15, -0.1) is 0 Å². The number of carbonyl (C=O) groups excluding carboxylic acids is 1. The third-order valence-corrected chi connectivity index (χ3v) is 8.78. The number of benzene rings is 3. The fourth-order valence-corrected chi connectivity index (χ4v) is 5.90. The van der Waals surface area contributed by atoms with Crippen LogP contribution >= 0.6 is 0 Å². The highest BCUT2D eigenvalue weighted by Crippen LogP contribution is 2.40. The number of amides is 1. The van der Waals surface area contributed by atoms with E-state index in [1.807, 2.05) is 43.3 Å². The normalized spacial score (nSPS) is 15.7. The summed E-state index contributed by atoms with van der Waals surface area (Å²) >= 11 is 0. The summed E-state index contributed by atoms with van der Waals surface area (Å²) in [5.41, 5.74) is 3.42. The molecule has 1 unspecified atom stereocenters. The lowest BCUT2D eigenvalue weighted by Crippen LogP contribution is -2.51. The number of hydrogen-bond donors (Lipinski definition) is 1. The molecule has 3 aromatic carbocycles. The Balaban J connectivity index is 1.49. The molecule has 3 aromatic rings. The number of carbonyl (C=O) groups is 1. The molecule has 4 rings (SSSR count). The van der Waals surface area contributed by atoms with E-state index in [2.05, 4.69) is 46.9 Å². The van der Waals surface area contributed by atoms with Crippen molar-refractivity contribution in [1.82, 2.24) is 5.32 Å². The first kappa shape index (κ1) is 29.5. The SMILES string of the molecule is Cc1ccc(S(=O)(=O)N2CC(C(=O)NCCOc3ccc(C(C)(C)C)cc3)Oc3ccc(C(C)(C)C)cc32)cc1. The number of hydrogen-bond acceptors (Lipinski definition) is 5. The molecule has 1 aliphatic rings. The van der Waals surface area contributed by atoms with Crippen molar-refractivity contribution in [1.29, 1.82) is 0 Å². The minimum Gasteiger partial charge on any atom is -0.492 e. The van der Waals surface area contributed by atoms with Gasteiger partial charge in [-0.05, 0) is 65.3 Å². The third-order valence-electron chi connectivity index (χ3n) is 6.99. The van der Waals surface area contributed by atoms with Crippen LogP contribution in [0, 0.1) is 6.92 Å². The molecule has 40 heavy (non-hydrogen) atoms. The Bertz CT molecular complexity index is 1450. The molecule has 214 valence electrons. The van der Waals surface area contributed by atoms with Crippen molar-refractivity contribution in [2.75, 3.05) is 24.0 Å². The van der Waals surface area contributed by atoms with E-state index in [0.29, 0.717) is 11.4 Å². The molecule has 1 heterocycles. The van der Waals surface area contributed by atoms with E-state index in [4.69, 9.17) is 9.47 Å². The standard InChI is InChI=1S/C32H40N2O5S/c1-22-8-15-26(16-9-22)40(36,37)34-21-29(39-28-17-12-24(20-27(28)34)32(5,6)7)30(35)33-18-19-38-25-13-10-23(11-14-25)31(2,3)4/h8-17,20,29H,18-19,21H2,1-7H3,(H,33,35). The number of aryl methyl sites for hydroxylation is 1. The lowest BCUT2D eigenvalue weighted by molar-refractivity contribution is -0.127. The number of fused-ring (bicyclic) bond motifs is 1. The average Bonchev–Trinajstić information content (AvgIpc) is 2.89. The zero-order chi connectivity index (χ0) is 29.3. The number of nitrogens with zero attached hydrogens (tertiary/aromatic N) is 1. The second-order valence-electron chi connectivity index (χ2n) is 12.3. The fourth-order valence-electron chi connectivity index (χ4n) is 4.43. The lowest BCUT2D eigenvalue weighted by atomic mass is 9.86. The Morgan fingerprint density at radius 2 is 1.52 bits per heavy atom. The van der Waals surface area contributed by atoms with E-state index < -0.39 is 22.0 Å². The van der Waals surface area contributed by atoms with Crippen molar-refractivity contribution < 1.29 is 22.7 Å². The first-order valence-corrected chi connectivity index (χ1v) is 15.0. The monoisotopic (exact) mass is 564 g/mol. The van der Waals surface area contributed by atoms with Crippen LogP contribution in [0.25, 0.3) is 0 Å². The minimum atomic E-state index is -3.95. The summed E-state index contributed by atoms with van der Waals surface area (Å²) < 4.78 is 40.8. The van der Waals surface area contributed by atoms with Crippen molar-refractivity contribution in [3.05, 3.63) is 83.4 Å². The maximum absolute atomic E-state index is 13.8. The van der Waals surface area contributed by atoms with E-state index in [9.17, 15) is 13.2 Å². The second-order valence-corrected chi connectivity index (χ2v) is 14.2. The van der Waals surface area contributed by atoms with Gasteiger partial charge in [-0.2, -0.15) is 0 Å². The zero-order valence-electron chi connectivity index (χ0n) is 24.4. The number of rotatable bonds is 7. The highest BCUT2D eigenvalue weighted by molar-refractivity contribution is 7.92. The second kappa shape index (κ2) is 11.2. The Kier molecular flexibility index (Phi) is 8.22. The molecule has 7 nitrogen and oxygen atoms in total. The van der Waals surface area contributed by atoms with Gasteiger partial charge in [0.1, 0.15) is 18.1 Å². The van der Waals surface area contributed by atoms with Crippen LogP contribution in [0.4, 0.5) is 5.69 Å². The van der Waals surface area contributed by atoms with E-state index >= 15 is 0 Å². The Labute approximate surface area is 238 Å². The number of ether oxygens (including phenoxy) is 2. The Hall–Kier alpha value is -3.52. The molecule has 0 spiro atoms. The fraction of sp³-hybridized carbons (Fsp3) is 0.406. The zero-order valence-corrected chi connectivity index (χ0v) is 25.3. The van der Waals surface area contributed by atoms with Crippen molar-refractivity contribution in [3.63, 3.8) is 0 Å². The van der Waals surface area contributed by atoms with Crippen LogP contribution in [-0.4, -0.2) is 40.1 Å². The molecule has 8 heteroatoms. The third kappa shape index (κ3) is 6.61. The topological polar surface area (TPSA) is 84.9 Å². The van der Waals surface area contributed by atoms with Crippen LogP contribution < -0.4 is 19.1 Å². The highest BCUT2D eigenvalue weighted by atomic mass is 32.2. The molecule has 0 aliphatic carbocycles. The lowest BCUT2D eigenvalue weighted by Gasteiger charge is -2.36. The summed E-state index contributed by atoms with van der Waals surface area (Å²) in [5.74, 6) is 0.668. The summed E-state index contributed by atoms with van der Waals surface area (Å²) in [6, 6.07) is 20.1. The molecule has 0 aromatic heterocycles. The van der Waals surface area contributed by atoms with Gasteiger partial charge in [0, 0.05) is 0 Å². The van der Waals surface area contributed by atoms with Crippen LogP contribution in [0.2, 0.25) is 0 Å². The summed E-state index contributed by atoms with van der Waals surface area (Å²) in [7, 11) is -3.95. The van der Waals surface area contributed by atoms with E-state index in [1.165, 1.54) is 9.87 Å². The average molecular weight is 565 g/mol. The van der Waals surface area contributed by atoms with Crippen molar-refractivity contribution in [3.8, 4) is 11.5 Å². The number of nitrogens with one attached hydrogen (secondary N) is 1. The first-order valence-electron chi connectivity index (χ1n) is 13.6. The smallest absolute Gasteiger partial charge is 0.264 e. The predicted octanol–water partition coefficient (Wildman–Crippen LogP) is 5.74. The Morgan fingerprint density at radius 3 is 2.12 bits per heavy atom. The predicted molar refractivity (Wildman–Crippen MR) is 159 cm³/mol. The molecule has 0 saturated carbocycles. The van der Waals surface area contributed by atoms with Gasteiger partial charge in [0.25, 0.3) is 15.9 Å². The maximum Gasteiger partial charge on any atom is 0.264 e. The summed E-state index contributed by atoms with van der Waals surface area (Å²) in [4.78, 5) is 13.3. The first-order chi connectivity index (χ1) is 18.7. The molecule has 0 bridgehead atoms. The van der Waals surface area contributed by atoms with Gasteiger partial charge in [0.2, 0.25) is 0 Å². The molecule has 0 radical (unpaired) electrons. The van der Waals surface area contributed by atoms with Crippen LogP contribution in [0.15, 0.2) is 71.6 Å². The molecule has 1 aliphatic heterocycles. The van der Waals surface area contributed by atoms with Crippen LogP contribution in [0.5, 0.6) is 11.5 Å². The van der Waals surface area contributed by atoms with Crippen LogP contribution in [-0.2, 0) is 25.6 Å². The van der Waals surface area contributed by atoms with Gasteiger partial charge in [-0.3, -0.25) is 9.10 Å². The van der Waals surface area contributed by atoms with Crippen LogP contribution in [0.1, 0.15) is 58.2 Å². The molecule has 0 saturated heterocycles. The molecule has 0 fully saturated rings. The van der Waals surface area contributed by atoms with Gasteiger partial charge in [0.05, 0.1) is 23.7 Å². The van der Waals surface area contributed by atoms with Crippen molar-refractivity contribution in [2.24, 2.45) is 0 Å². The van der Waals surface area contributed by atoms with Gasteiger partial charge in [-0.1, -0.05) is 77.4 Å². The molecular weight excluding hydrogens is 524 g/mol. The van der Waals surface area contributed by atoms with Crippen molar-refractivity contribution in [2.45, 2.75) is 70.3 Å². The van der Waals surface area contributed by atoms with E-state index in [-0.39, 0.29) is 35.4 Å². The van der Waals surface area contributed by atoms with E-state index in [1.54, 1.807) is 30.3 Å². The summed E-state index contributed by atoms with van der Waals surface area (Å²) in [6.45, 7) is 14.9. The quantitative estimate of drug-likeness (QED) is 0.370. The Morgan fingerprint density at radius 1 is 0.925 bits per heavy atom. The van der Waals surface area contributed by atoms with Crippen LogP contribution in [0.3, 0.4) is 0 Å². The van der Waals surface area contributed by atoms with Gasteiger partial charge >= 0.3 is 0 Å². The number of anilines is 1. The molecule has 1 atom stereocenters. The molecule has 1 N–H and O–H groups in total. The summed E-state index contributed by atoms with van der Waals surface area (Å²) in [6.07, 6.45) is -1.01. The maximum atomic E-state index is 13.8. The minimum absolute atomic E-state index is 0.0558.